The van der Waals surface area contributed by atoms with Crippen LogP contribution in [-0.4, -0.2) is 37.1 Å². The molecule has 3 heteroatoms. The number of likely N-dealkylation sites (tertiary alicyclic amines) is 1. The van der Waals surface area contributed by atoms with Gasteiger partial charge in [0.15, 0.2) is 0 Å². The minimum atomic E-state index is 0.307. The molecule has 120 valence electrons. The van der Waals surface area contributed by atoms with Crippen molar-refractivity contribution in [3.8, 4) is 0 Å². The van der Waals surface area contributed by atoms with Gasteiger partial charge in [-0.2, -0.15) is 0 Å². The first-order valence-electron chi connectivity index (χ1n) is 8.30. The average Bonchev–Trinajstić information content (AvgIpc) is 2.56. The van der Waals surface area contributed by atoms with Crippen molar-refractivity contribution in [2.75, 3.05) is 26.3 Å². The van der Waals surface area contributed by atoms with Gasteiger partial charge in [-0.25, -0.2) is 0 Å². The molecule has 0 N–H and O–H groups in total. The van der Waals surface area contributed by atoms with Crippen molar-refractivity contribution in [3.05, 3.63) is 48.6 Å². The van der Waals surface area contributed by atoms with Crippen LogP contribution in [0.1, 0.15) is 31.2 Å². The number of rotatable bonds is 8. The summed E-state index contributed by atoms with van der Waals surface area (Å²) >= 11 is 0. The Balaban J connectivity index is 1.61. The van der Waals surface area contributed by atoms with Crippen LogP contribution in [0.4, 0.5) is 0 Å². The van der Waals surface area contributed by atoms with Gasteiger partial charge < -0.3 is 9.64 Å². The summed E-state index contributed by atoms with van der Waals surface area (Å²) in [7, 11) is 0. The molecule has 1 heterocycles. The molecule has 0 atom stereocenters. The number of piperidine rings is 1. The highest BCUT2D eigenvalue weighted by molar-refractivity contribution is 5.76. The number of ether oxygens (including phenoxy) is 1. The third-order valence-corrected chi connectivity index (χ3v) is 4.26. The van der Waals surface area contributed by atoms with E-state index >= 15 is 0 Å². The molecule has 0 radical (unpaired) electrons. The molecule has 0 saturated carbocycles. The minimum absolute atomic E-state index is 0.307. The molecule has 0 spiro atoms. The summed E-state index contributed by atoms with van der Waals surface area (Å²) in [6.45, 7) is 6.83. The summed E-state index contributed by atoms with van der Waals surface area (Å²) in [6, 6.07) is 10.4. The zero-order valence-corrected chi connectivity index (χ0v) is 13.4. The van der Waals surface area contributed by atoms with Crippen molar-refractivity contribution in [1.29, 1.82) is 0 Å². The van der Waals surface area contributed by atoms with E-state index in [0.29, 0.717) is 24.9 Å². The molecule has 1 saturated heterocycles. The van der Waals surface area contributed by atoms with Gasteiger partial charge in [-0.3, -0.25) is 4.79 Å². The lowest BCUT2D eigenvalue weighted by Crippen LogP contribution is -2.39. The predicted octanol–water partition coefficient (Wildman–Crippen LogP) is 3.45. The van der Waals surface area contributed by atoms with Gasteiger partial charge in [-0.15, -0.1) is 6.58 Å². The minimum Gasteiger partial charge on any atom is -0.377 e. The Bertz CT molecular complexity index is 450. The van der Waals surface area contributed by atoms with Crippen LogP contribution in [0, 0.1) is 5.92 Å². The highest BCUT2D eigenvalue weighted by atomic mass is 16.5. The maximum atomic E-state index is 12.2. The molecule has 0 aromatic heterocycles. The van der Waals surface area contributed by atoms with Crippen LogP contribution in [-0.2, 0) is 16.0 Å². The van der Waals surface area contributed by atoms with E-state index in [-0.39, 0.29) is 0 Å². The predicted molar refractivity (Wildman–Crippen MR) is 89.7 cm³/mol. The van der Waals surface area contributed by atoms with E-state index in [9.17, 15) is 4.79 Å². The number of aryl methyl sites for hydroxylation is 1. The maximum Gasteiger partial charge on any atom is 0.222 e. The van der Waals surface area contributed by atoms with E-state index in [1.807, 2.05) is 11.0 Å². The maximum absolute atomic E-state index is 12.2. The van der Waals surface area contributed by atoms with Gasteiger partial charge in [0, 0.05) is 26.1 Å². The second-order valence-electron chi connectivity index (χ2n) is 5.99. The second-order valence-corrected chi connectivity index (χ2v) is 5.99. The molecule has 2 rings (SSSR count). The van der Waals surface area contributed by atoms with Gasteiger partial charge in [0.2, 0.25) is 5.91 Å². The fraction of sp³-hybridized carbons (Fsp3) is 0.526. The second kappa shape index (κ2) is 9.42. The van der Waals surface area contributed by atoms with Gasteiger partial charge in [-0.1, -0.05) is 36.4 Å². The van der Waals surface area contributed by atoms with Crippen LogP contribution in [0.3, 0.4) is 0 Å². The highest BCUT2D eigenvalue weighted by Crippen LogP contribution is 2.18. The largest absolute Gasteiger partial charge is 0.377 e. The lowest BCUT2D eigenvalue weighted by atomic mass is 9.97. The summed E-state index contributed by atoms with van der Waals surface area (Å²) in [5, 5.41) is 0. The zero-order valence-electron chi connectivity index (χ0n) is 13.4. The molecule has 1 aromatic rings. The molecule has 0 unspecified atom stereocenters. The number of amides is 1. The van der Waals surface area contributed by atoms with Gasteiger partial charge in [-0.05, 0) is 37.2 Å². The third-order valence-electron chi connectivity index (χ3n) is 4.26. The van der Waals surface area contributed by atoms with Crippen LogP contribution in [0.25, 0.3) is 0 Å². The van der Waals surface area contributed by atoms with Crippen LogP contribution >= 0.6 is 0 Å². The van der Waals surface area contributed by atoms with E-state index in [1.54, 1.807) is 6.08 Å². The fourth-order valence-electron chi connectivity index (χ4n) is 2.91. The van der Waals surface area contributed by atoms with Crippen molar-refractivity contribution >= 4 is 5.91 Å². The van der Waals surface area contributed by atoms with Gasteiger partial charge in [0.25, 0.3) is 0 Å². The van der Waals surface area contributed by atoms with E-state index in [1.165, 1.54) is 5.56 Å². The molecule has 0 bridgehead atoms. The molecule has 1 amide bonds. The first-order valence-corrected chi connectivity index (χ1v) is 8.30. The van der Waals surface area contributed by atoms with E-state index in [2.05, 4.69) is 30.8 Å². The van der Waals surface area contributed by atoms with E-state index in [0.717, 1.165) is 45.4 Å². The Morgan fingerprint density at radius 3 is 2.68 bits per heavy atom. The standard InChI is InChI=1S/C19H27NO2/c1-2-15-22-16-18-11-13-20(14-12-18)19(21)10-6-9-17-7-4-3-5-8-17/h2-5,7-8,18H,1,6,9-16H2. The molecule has 1 aliphatic heterocycles. The summed E-state index contributed by atoms with van der Waals surface area (Å²) < 4.78 is 5.51. The summed E-state index contributed by atoms with van der Waals surface area (Å²) in [5.74, 6) is 0.898. The lowest BCUT2D eigenvalue weighted by molar-refractivity contribution is -0.132. The zero-order chi connectivity index (χ0) is 15.6. The lowest BCUT2D eigenvalue weighted by Gasteiger charge is -2.32. The van der Waals surface area contributed by atoms with E-state index < -0.39 is 0 Å². The third kappa shape index (κ3) is 5.64. The first-order chi connectivity index (χ1) is 10.8. The molecule has 1 aliphatic rings. The number of carbonyl (C=O) groups excluding carboxylic acids is 1. The number of benzene rings is 1. The molecular formula is C19H27NO2. The Morgan fingerprint density at radius 2 is 2.00 bits per heavy atom. The molecule has 1 fully saturated rings. The number of carbonyl (C=O) groups is 1. The van der Waals surface area contributed by atoms with E-state index in [4.69, 9.17) is 4.74 Å². The van der Waals surface area contributed by atoms with Gasteiger partial charge in [0.1, 0.15) is 0 Å². The van der Waals surface area contributed by atoms with Crippen molar-refractivity contribution < 1.29 is 9.53 Å². The molecule has 22 heavy (non-hydrogen) atoms. The Morgan fingerprint density at radius 1 is 1.27 bits per heavy atom. The van der Waals surface area contributed by atoms with Crippen LogP contribution in [0.15, 0.2) is 43.0 Å². The first kappa shape index (κ1) is 16.8. The Labute approximate surface area is 134 Å². The summed E-state index contributed by atoms with van der Waals surface area (Å²) in [6.07, 6.45) is 6.48. The van der Waals surface area contributed by atoms with Crippen molar-refractivity contribution in [2.45, 2.75) is 32.1 Å². The van der Waals surface area contributed by atoms with Crippen molar-refractivity contribution in [2.24, 2.45) is 5.92 Å². The van der Waals surface area contributed by atoms with Crippen molar-refractivity contribution in [3.63, 3.8) is 0 Å². The Kier molecular flexibility index (Phi) is 7.17. The quantitative estimate of drug-likeness (QED) is 0.544. The van der Waals surface area contributed by atoms with Gasteiger partial charge in [0.05, 0.1) is 6.61 Å². The number of nitrogens with zero attached hydrogens (tertiary/aromatic N) is 1. The summed E-state index contributed by atoms with van der Waals surface area (Å²) in [5.41, 5.74) is 1.31. The van der Waals surface area contributed by atoms with Gasteiger partial charge >= 0.3 is 0 Å². The number of hydrogen-bond donors (Lipinski definition) is 0. The molecule has 1 aromatic carbocycles. The summed E-state index contributed by atoms with van der Waals surface area (Å²) in [4.78, 5) is 14.3. The normalized spacial score (nSPS) is 15.7. The van der Waals surface area contributed by atoms with Crippen LogP contribution in [0.5, 0.6) is 0 Å². The fourth-order valence-corrected chi connectivity index (χ4v) is 2.91. The van der Waals surface area contributed by atoms with Crippen molar-refractivity contribution in [1.82, 2.24) is 4.90 Å². The topological polar surface area (TPSA) is 29.5 Å². The Hall–Kier alpha value is -1.61. The SMILES string of the molecule is C=CCOCC1CCN(C(=O)CCCc2ccccc2)CC1. The molecule has 3 nitrogen and oxygen atoms in total. The monoisotopic (exact) mass is 301 g/mol. The average molecular weight is 301 g/mol. The number of hydrogen-bond acceptors (Lipinski definition) is 2. The smallest absolute Gasteiger partial charge is 0.222 e. The highest BCUT2D eigenvalue weighted by Gasteiger charge is 2.22. The molecular weight excluding hydrogens is 274 g/mol. The molecule has 0 aliphatic carbocycles. The van der Waals surface area contributed by atoms with Crippen LogP contribution < -0.4 is 0 Å². The van der Waals surface area contributed by atoms with Crippen LogP contribution in [0.2, 0.25) is 0 Å².